The summed E-state index contributed by atoms with van der Waals surface area (Å²) < 4.78 is 0. The van der Waals surface area contributed by atoms with E-state index in [0.29, 0.717) is 13.1 Å². The molecule has 2 aromatic carbocycles. The van der Waals surface area contributed by atoms with Gasteiger partial charge in [-0.05, 0) is 30.4 Å². The standard InChI is InChI=1S/C23H26N2O2/c26-22(24-14-17-7-3-1-4-8-17)21-13-20(18-9-5-2-6-10-18)15-25(16-21)23(27)19-11-12-19/h1-10,19-21H,11-16H2,(H,24,26)/t20-,21+/m0/s1. The fraction of sp³-hybridized carbons (Fsp3) is 0.391. The van der Waals surface area contributed by atoms with E-state index < -0.39 is 0 Å². The van der Waals surface area contributed by atoms with Gasteiger partial charge in [-0.25, -0.2) is 0 Å². The molecule has 140 valence electrons. The fourth-order valence-corrected chi connectivity index (χ4v) is 3.95. The molecule has 1 heterocycles. The molecule has 1 aliphatic heterocycles. The summed E-state index contributed by atoms with van der Waals surface area (Å²) in [5.41, 5.74) is 2.30. The molecule has 4 heteroatoms. The molecule has 27 heavy (non-hydrogen) atoms. The van der Waals surface area contributed by atoms with Crippen LogP contribution in [0, 0.1) is 11.8 Å². The van der Waals surface area contributed by atoms with Crippen molar-refractivity contribution in [3.8, 4) is 0 Å². The number of hydrogen-bond acceptors (Lipinski definition) is 2. The predicted molar refractivity (Wildman–Crippen MR) is 105 cm³/mol. The summed E-state index contributed by atoms with van der Waals surface area (Å²) in [5, 5.41) is 3.07. The van der Waals surface area contributed by atoms with Crippen LogP contribution >= 0.6 is 0 Å². The summed E-state index contributed by atoms with van der Waals surface area (Å²) in [5.74, 6) is 0.530. The molecule has 2 fully saturated rings. The van der Waals surface area contributed by atoms with E-state index in [2.05, 4.69) is 17.4 Å². The third kappa shape index (κ3) is 4.38. The third-order valence-corrected chi connectivity index (χ3v) is 5.64. The van der Waals surface area contributed by atoms with E-state index in [1.54, 1.807) is 0 Å². The van der Waals surface area contributed by atoms with Crippen LogP contribution in [0.1, 0.15) is 36.3 Å². The Morgan fingerprint density at radius 3 is 2.22 bits per heavy atom. The summed E-state index contributed by atoms with van der Waals surface area (Å²) in [6.07, 6.45) is 2.78. The van der Waals surface area contributed by atoms with Crippen LogP contribution in [-0.2, 0) is 16.1 Å². The average molecular weight is 362 g/mol. The minimum absolute atomic E-state index is 0.0491. The van der Waals surface area contributed by atoms with Gasteiger partial charge in [-0.1, -0.05) is 60.7 Å². The molecular formula is C23H26N2O2. The Morgan fingerprint density at radius 1 is 0.889 bits per heavy atom. The van der Waals surface area contributed by atoms with Crippen molar-refractivity contribution in [1.29, 1.82) is 0 Å². The highest BCUT2D eigenvalue weighted by atomic mass is 16.2. The predicted octanol–water partition coefficient (Wildman–Crippen LogP) is 3.35. The number of piperidine rings is 1. The number of carbonyl (C=O) groups is 2. The summed E-state index contributed by atoms with van der Waals surface area (Å²) in [6, 6.07) is 20.2. The normalized spacial score (nSPS) is 22.3. The van der Waals surface area contributed by atoms with Gasteiger partial charge < -0.3 is 10.2 Å². The number of benzene rings is 2. The van der Waals surface area contributed by atoms with Crippen LogP contribution < -0.4 is 5.32 Å². The molecule has 0 spiro atoms. The highest BCUT2D eigenvalue weighted by Crippen LogP contribution is 2.36. The Hall–Kier alpha value is -2.62. The smallest absolute Gasteiger partial charge is 0.225 e. The van der Waals surface area contributed by atoms with Crippen LogP contribution in [0.15, 0.2) is 60.7 Å². The molecule has 2 amide bonds. The van der Waals surface area contributed by atoms with Gasteiger partial charge in [0.05, 0.1) is 5.92 Å². The van der Waals surface area contributed by atoms with Crippen LogP contribution in [0.5, 0.6) is 0 Å². The first-order valence-corrected chi connectivity index (χ1v) is 9.86. The quantitative estimate of drug-likeness (QED) is 0.887. The molecule has 0 radical (unpaired) electrons. The molecule has 2 aromatic rings. The largest absolute Gasteiger partial charge is 0.352 e. The van der Waals surface area contributed by atoms with Crippen LogP contribution in [0.2, 0.25) is 0 Å². The number of amides is 2. The molecule has 2 aliphatic rings. The Bertz CT molecular complexity index is 787. The Kier molecular flexibility index (Phi) is 5.23. The zero-order chi connectivity index (χ0) is 18.6. The topological polar surface area (TPSA) is 49.4 Å². The van der Waals surface area contributed by atoms with E-state index in [4.69, 9.17) is 0 Å². The monoisotopic (exact) mass is 362 g/mol. The molecule has 0 aromatic heterocycles. The lowest BCUT2D eigenvalue weighted by Gasteiger charge is -2.37. The van der Waals surface area contributed by atoms with Crippen molar-refractivity contribution in [2.75, 3.05) is 13.1 Å². The molecular weight excluding hydrogens is 336 g/mol. The number of nitrogens with one attached hydrogen (secondary N) is 1. The lowest BCUT2D eigenvalue weighted by Crippen LogP contribution is -2.48. The van der Waals surface area contributed by atoms with Gasteiger partial charge in [-0.2, -0.15) is 0 Å². The van der Waals surface area contributed by atoms with Crippen LogP contribution in [-0.4, -0.2) is 29.8 Å². The highest BCUT2D eigenvalue weighted by Gasteiger charge is 2.39. The van der Waals surface area contributed by atoms with Crippen LogP contribution in [0.4, 0.5) is 0 Å². The van der Waals surface area contributed by atoms with Gasteiger partial charge >= 0.3 is 0 Å². The van der Waals surface area contributed by atoms with Crippen molar-refractivity contribution in [2.45, 2.75) is 31.7 Å². The summed E-state index contributed by atoms with van der Waals surface area (Å²) in [6.45, 7) is 1.80. The summed E-state index contributed by atoms with van der Waals surface area (Å²) in [4.78, 5) is 27.5. The van der Waals surface area contributed by atoms with Crippen LogP contribution in [0.25, 0.3) is 0 Å². The summed E-state index contributed by atoms with van der Waals surface area (Å²) in [7, 11) is 0. The van der Waals surface area contributed by atoms with E-state index >= 15 is 0 Å². The minimum Gasteiger partial charge on any atom is -0.352 e. The zero-order valence-corrected chi connectivity index (χ0v) is 15.5. The second-order valence-corrected chi connectivity index (χ2v) is 7.76. The second-order valence-electron chi connectivity index (χ2n) is 7.76. The van der Waals surface area contributed by atoms with Crippen molar-refractivity contribution in [1.82, 2.24) is 10.2 Å². The SMILES string of the molecule is O=C(NCc1ccccc1)[C@@H]1C[C@H](c2ccccc2)CN(C(=O)C2CC2)C1. The zero-order valence-electron chi connectivity index (χ0n) is 15.5. The van der Waals surface area contributed by atoms with Crippen molar-refractivity contribution in [3.63, 3.8) is 0 Å². The van der Waals surface area contributed by atoms with Crippen molar-refractivity contribution in [2.24, 2.45) is 11.8 Å². The van der Waals surface area contributed by atoms with Crippen LogP contribution in [0.3, 0.4) is 0 Å². The molecule has 4 rings (SSSR count). The number of hydrogen-bond donors (Lipinski definition) is 1. The number of carbonyl (C=O) groups excluding carboxylic acids is 2. The highest BCUT2D eigenvalue weighted by molar-refractivity contribution is 5.83. The molecule has 2 atom stereocenters. The first-order chi connectivity index (χ1) is 13.2. The second kappa shape index (κ2) is 7.95. The van der Waals surface area contributed by atoms with E-state index in [9.17, 15) is 9.59 Å². The van der Waals surface area contributed by atoms with E-state index in [-0.39, 0.29) is 29.6 Å². The molecule has 1 aliphatic carbocycles. The molecule has 1 saturated carbocycles. The average Bonchev–Trinajstić information content (AvgIpc) is 3.58. The van der Waals surface area contributed by atoms with Gasteiger partial charge in [0.25, 0.3) is 0 Å². The molecule has 4 nitrogen and oxygen atoms in total. The van der Waals surface area contributed by atoms with Gasteiger partial charge in [0.15, 0.2) is 0 Å². The lowest BCUT2D eigenvalue weighted by atomic mass is 9.84. The fourth-order valence-electron chi connectivity index (χ4n) is 3.95. The first-order valence-electron chi connectivity index (χ1n) is 9.86. The first kappa shape index (κ1) is 17.8. The Morgan fingerprint density at radius 2 is 1.56 bits per heavy atom. The molecule has 0 bridgehead atoms. The van der Waals surface area contributed by atoms with Gasteiger partial charge in [0, 0.05) is 31.5 Å². The van der Waals surface area contributed by atoms with Gasteiger partial charge in [0.1, 0.15) is 0 Å². The summed E-state index contributed by atoms with van der Waals surface area (Å²) >= 11 is 0. The maximum Gasteiger partial charge on any atom is 0.225 e. The Labute approximate surface area is 160 Å². The van der Waals surface area contributed by atoms with Gasteiger partial charge in [0.2, 0.25) is 11.8 Å². The molecule has 1 saturated heterocycles. The number of likely N-dealkylation sites (tertiary alicyclic amines) is 1. The van der Waals surface area contributed by atoms with Gasteiger partial charge in [-0.15, -0.1) is 0 Å². The van der Waals surface area contributed by atoms with E-state index in [1.807, 2.05) is 53.4 Å². The third-order valence-electron chi connectivity index (χ3n) is 5.64. The van der Waals surface area contributed by atoms with Crippen molar-refractivity contribution in [3.05, 3.63) is 71.8 Å². The van der Waals surface area contributed by atoms with Crippen molar-refractivity contribution < 1.29 is 9.59 Å². The van der Waals surface area contributed by atoms with E-state index in [1.165, 1.54) is 5.56 Å². The molecule has 1 N–H and O–H groups in total. The Balaban J connectivity index is 1.46. The van der Waals surface area contributed by atoms with Gasteiger partial charge in [-0.3, -0.25) is 9.59 Å². The van der Waals surface area contributed by atoms with E-state index in [0.717, 1.165) is 31.4 Å². The molecule has 0 unspecified atom stereocenters. The number of rotatable bonds is 5. The maximum absolute atomic E-state index is 12.9. The lowest BCUT2D eigenvalue weighted by molar-refractivity contribution is -0.137. The van der Waals surface area contributed by atoms with Crippen molar-refractivity contribution >= 4 is 11.8 Å². The number of nitrogens with zero attached hydrogens (tertiary/aromatic N) is 1. The minimum atomic E-state index is -0.157. The maximum atomic E-state index is 12.9.